The van der Waals surface area contributed by atoms with Gasteiger partial charge in [-0.25, -0.2) is 0 Å². The minimum absolute atomic E-state index is 0.261. The number of nitrogen functional groups attached to an aromatic ring is 1. The Morgan fingerprint density at radius 2 is 2.00 bits per heavy atom. The van der Waals surface area contributed by atoms with Gasteiger partial charge in [-0.1, -0.05) is 0 Å². The molecule has 0 radical (unpaired) electrons. The van der Waals surface area contributed by atoms with E-state index in [0.717, 1.165) is 39.1 Å². The summed E-state index contributed by atoms with van der Waals surface area (Å²) in [5.74, 6) is 1.63. The molecule has 1 unspecified atom stereocenters. The zero-order valence-corrected chi connectivity index (χ0v) is 12.7. The fraction of sp³-hybridized carbons (Fsp3) is 0.786. The van der Waals surface area contributed by atoms with Crippen LogP contribution in [-0.4, -0.2) is 54.3 Å². The molecule has 3 rings (SSSR count). The zero-order valence-electron chi connectivity index (χ0n) is 12.7. The molecule has 3 heterocycles. The van der Waals surface area contributed by atoms with Gasteiger partial charge in [0.15, 0.2) is 0 Å². The van der Waals surface area contributed by atoms with Gasteiger partial charge in [0.1, 0.15) is 0 Å². The molecule has 1 aromatic rings. The fourth-order valence-electron chi connectivity index (χ4n) is 2.94. The second kappa shape index (κ2) is 6.43. The van der Waals surface area contributed by atoms with Crippen LogP contribution in [0.5, 0.6) is 0 Å². The van der Waals surface area contributed by atoms with Crippen LogP contribution in [0.4, 0.5) is 17.8 Å². The third-order valence-electron chi connectivity index (χ3n) is 4.11. The van der Waals surface area contributed by atoms with Gasteiger partial charge in [-0.05, 0) is 32.1 Å². The number of hydrogen-bond donors (Lipinski definition) is 1. The third-order valence-corrected chi connectivity index (χ3v) is 4.11. The van der Waals surface area contributed by atoms with Gasteiger partial charge in [0.05, 0.1) is 6.10 Å². The molecule has 0 aliphatic carbocycles. The summed E-state index contributed by atoms with van der Waals surface area (Å²) in [6, 6.07) is 0. The lowest BCUT2D eigenvalue weighted by Crippen LogP contribution is -2.35. The number of nitrogens with zero attached hydrogens (tertiary/aromatic N) is 5. The van der Waals surface area contributed by atoms with E-state index in [1.807, 2.05) is 11.9 Å². The van der Waals surface area contributed by atoms with E-state index in [-0.39, 0.29) is 6.10 Å². The standard InChI is InChI=1S/C14H24N6O/c1-19(10-11-6-2-5-9-21-11)13-16-12(15)17-14(18-13)20-7-3-4-8-20/h11H,2-10H2,1H3,(H2,15,16,17,18). The quantitative estimate of drug-likeness (QED) is 0.888. The lowest BCUT2D eigenvalue weighted by atomic mass is 10.1. The van der Waals surface area contributed by atoms with Crippen LogP contribution in [-0.2, 0) is 4.74 Å². The van der Waals surface area contributed by atoms with Crippen LogP contribution in [0.15, 0.2) is 0 Å². The first-order chi connectivity index (χ1) is 10.2. The highest BCUT2D eigenvalue weighted by Crippen LogP contribution is 2.20. The summed E-state index contributed by atoms with van der Waals surface area (Å²) < 4.78 is 5.78. The van der Waals surface area contributed by atoms with Crippen molar-refractivity contribution in [2.75, 3.05) is 48.8 Å². The fourth-order valence-corrected chi connectivity index (χ4v) is 2.94. The molecule has 0 spiro atoms. The molecule has 0 bridgehead atoms. The van der Waals surface area contributed by atoms with Crippen LogP contribution in [0.3, 0.4) is 0 Å². The van der Waals surface area contributed by atoms with Crippen molar-refractivity contribution < 1.29 is 4.74 Å². The molecule has 0 amide bonds. The molecule has 2 saturated heterocycles. The van der Waals surface area contributed by atoms with E-state index in [4.69, 9.17) is 10.5 Å². The Morgan fingerprint density at radius 1 is 1.19 bits per heavy atom. The SMILES string of the molecule is CN(CC1CCCCO1)c1nc(N)nc(N2CCCC2)n1. The van der Waals surface area contributed by atoms with Gasteiger partial charge in [0, 0.05) is 33.3 Å². The van der Waals surface area contributed by atoms with Crippen molar-refractivity contribution in [2.24, 2.45) is 0 Å². The largest absolute Gasteiger partial charge is 0.376 e. The summed E-state index contributed by atoms with van der Waals surface area (Å²) in [5.41, 5.74) is 5.85. The first kappa shape index (κ1) is 14.3. The topological polar surface area (TPSA) is 80.4 Å². The highest BCUT2D eigenvalue weighted by atomic mass is 16.5. The van der Waals surface area contributed by atoms with E-state index in [1.54, 1.807) is 0 Å². The molecule has 2 aliphatic rings. The van der Waals surface area contributed by atoms with Crippen molar-refractivity contribution >= 4 is 17.8 Å². The van der Waals surface area contributed by atoms with E-state index < -0.39 is 0 Å². The number of ether oxygens (including phenoxy) is 1. The zero-order chi connectivity index (χ0) is 14.7. The van der Waals surface area contributed by atoms with E-state index in [1.165, 1.54) is 19.3 Å². The molecule has 0 aromatic carbocycles. The van der Waals surface area contributed by atoms with Crippen molar-refractivity contribution in [3.8, 4) is 0 Å². The van der Waals surface area contributed by atoms with Gasteiger partial charge >= 0.3 is 0 Å². The van der Waals surface area contributed by atoms with Crippen molar-refractivity contribution in [1.82, 2.24) is 15.0 Å². The summed E-state index contributed by atoms with van der Waals surface area (Å²) in [5, 5.41) is 0. The molecule has 7 nitrogen and oxygen atoms in total. The Labute approximate surface area is 125 Å². The van der Waals surface area contributed by atoms with Crippen molar-refractivity contribution in [3.05, 3.63) is 0 Å². The highest BCUT2D eigenvalue weighted by molar-refractivity contribution is 5.43. The van der Waals surface area contributed by atoms with E-state index >= 15 is 0 Å². The molecule has 21 heavy (non-hydrogen) atoms. The van der Waals surface area contributed by atoms with Crippen LogP contribution in [0, 0.1) is 0 Å². The number of hydrogen-bond acceptors (Lipinski definition) is 7. The Kier molecular flexibility index (Phi) is 4.38. The smallest absolute Gasteiger partial charge is 0.231 e. The van der Waals surface area contributed by atoms with Crippen LogP contribution >= 0.6 is 0 Å². The molecular formula is C14H24N6O. The molecular weight excluding hydrogens is 268 g/mol. The molecule has 2 aliphatic heterocycles. The molecule has 2 fully saturated rings. The second-order valence-corrected chi connectivity index (χ2v) is 5.86. The second-order valence-electron chi connectivity index (χ2n) is 5.86. The number of rotatable bonds is 4. The minimum atomic E-state index is 0.261. The Morgan fingerprint density at radius 3 is 2.71 bits per heavy atom. The molecule has 2 N–H and O–H groups in total. The third kappa shape index (κ3) is 3.53. The van der Waals surface area contributed by atoms with Gasteiger partial charge in [-0.2, -0.15) is 15.0 Å². The number of likely N-dealkylation sites (N-methyl/N-ethyl adjacent to an activating group) is 1. The summed E-state index contributed by atoms with van der Waals surface area (Å²) in [7, 11) is 1.99. The van der Waals surface area contributed by atoms with E-state index in [9.17, 15) is 0 Å². The van der Waals surface area contributed by atoms with E-state index in [2.05, 4.69) is 19.9 Å². The average molecular weight is 292 g/mol. The summed E-state index contributed by atoms with van der Waals surface area (Å²) in [6.45, 7) is 3.65. The Bertz CT molecular complexity index is 471. The molecule has 1 aromatic heterocycles. The van der Waals surface area contributed by atoms with Crippen molar-refractivity contribution in [2.45, 2.75) is 38.2 Å². The summed E-state index contributed by atoms with van der Waals surface area (Å²) in [6.07, 6.45) is 6.13. The van der Waals surface area contributed by atoms with E-state index in [0.29, 0.717) is 17.8 Å². The van der Waals surface area contributed by atoms with Crippen LogP contribution < -0.4 is 15.5 Å². The lowest BCUT2D eigenvalue weighted by molar-refractivity contribution is 0.0214. The molecule has 116 valence electrons. The normalized spacial score (nSPS) is 22.5. The van der Waals surface area contributed by atoms with Crippen LogP contribution in [0.2, 0.25) is 0 Å². The molecule has 7 heteroatoms. The first-order valence-corrected chi connectivity index (χ1v) is 7.81. The first-order valence-electron chi connectivity index (χ1n) is 7.81. The number of anilines is 3. The predicted molar refractivity (Wildman–Crippen MR) is 82.5 cm³/mol. The Balaban J connectivity index is 1.70. The molecule has 0 saturated carbocycles. The van der Waals surface area contributed by atoms with Crippen molar-refractivity contribution in [3.63, 3.8) is 0 Å². The number of nitrogens with two attached hydrogens (primary N) is 1. The lowest BCUT2D eigenvalue weighted by Gasteiger charge is -2.27. The van der Waals surface area contributed by atoms with Crippen molar-refractivity contribution in [1.29, 1.82) is 0 Å². The summed E-state index contributed by atoms with van der Waals surface area (Å²) >= 11 is 0. The average Bonchev–Trinajstić information content (AvgIpc) is 3.02. The Hall–Kier alpha value is -1.63. The van der Waals surface area contributed by atoms with Gasteiger partial charge < -0.3 is 20.3 Å². The summed E-state index contributed by atoms with van der Waals surface area (Å²) in [4.78, 5) is 17.3. The maximum Gasteiger partial charge on any atom is 0.231 e. The van der Waals surface area contributed by atoms with Crippen LogP contribution in [0.25, 0.3) is 0 Å². The van der Waals surface area contributed by atoms with Gasteiger partial charge in [0.2, 0.25) is 17.8 Å². The molecule has 1 atom stereocenters. The monoisotopic (exact) mass is 292 g/mol. The van der Waals surface area contributed by atoms with Gasteiger partial charge in [-0.3, -0.25) is 0 Å². The van der Waals surface area contributed by atoms with Gasteiger partial charge in [-0.15, -0.1) is 0 Å². The minimum Gasteiger partial charge on any atom is -0.376 e. The van der Waals surface area contributed by atoms with Gasteiger partial charge in [0.25, 0.3) is 0 Å². The maximum absolute atomic E-state index is 5.85. The number of aromatic nitrogens is 3. The maximum atomic E-state index is 5.85. The van der Waals surface area contributed by atoms with Crippen LogP contribution in [0.1, 0.15) is 32.1 Å². The highest BCUT2D eigenvalue weighted by Gasteiger charge is 2.20. The predicted octanol–water partition coefficient (Wildman–Crippen LogP) is 1.06.